The number of hydrogen-bond acceptors (Lipinski definition) is 2. The van der Waals surface area contributed by atoms with Crippen LogP contribution in [0, 0.1) is 0 Å². The van der Waals surface area contributed by atoms with Gasteiger partial charge in [-0.25, -0.2) is 8.78 Å². The van der Waals surface area contributed by atoms with Gasteiger partial charge in [-0.2, -0.15) is 0 Å². The Bertz CT molecular complexity index is 412. The van der Waals surface area contributed by atoms with Gasteiger partial charge in [0.05, 0.1) is 6.61 Å². The maximum Gasteiger partial charge on any atom is 0.261 e. The van der Waals surface area contributed by atoms with E-state index in [9.17, 15) is 8.78 Å². The Kier molecular flexibility index (Phi) is 5.58. The lowest BCUT2D eigenvalue weighted by Crippen LogP contribution is -2.09. The quantitative estimate of drug-likeness (QED) is 0.575. The van der Waals surface area contributed by atoms with Crippen LogP contribution >= 0.6 is 15.9 Å². The predicted molar refractivity (Wildman–Crippen MR) is 73.4 cm³/mol. The standard InChI is InChI=1S/C14H17BrF2O2/c15-12(5-7-18-9-14(16)17)10-3-4-13-11(8-10)2-1-6-19-13/h3-4,8,12,14H,1-2,5-7,9H2. The van der Waals surface area contributed by atoms with Crippen LogP contribution in [0.15, 0.2) is 18.2 Å². The summed E-state index contributed by atoms with van der Waals surface area (Å²) in [5, 5.41) is 0. The largest absolute Gasteiger partial charge is 0.493 e. The molecule has 0 fully saturated rings. The molecule has 0 radical (unpaired) electrons. The first-order valence-electron chi connectivity index (χ1n) is 6.42. The van der Waals surface area contributed by atoms with E-state index in [4.69, 9.17) is 9.47 Å². The van der Waals surface area contributed by atoms with Crippen LogP contribution in [0.3, 0.4) is 0 Å². The summed E-state index contributed by atoms with van der Waals surface area (Å²) in [6.07, 6.45) is 0.354. The van der Waals surface area contributed by atoms with Crippen molar-refractivity contribution in [2.45, 2.75) is 30.5 Å². The minimum atomic E-state index is -2.39. The Labute approximate surface area is 120 Å². The third-order valence-electron chi connectivity index (χ3n) is 3.05. The van der Waals surface area contributed by atoms with E-state index in [0.29, 0.717) is 13.0 Å². The first-order valence-corrected chi connectivity index (χ1v) is 7.34. The molecule has 106 valence electrons. The molecule has 0 bridgehead atoms. The summed E-state index contributed by atoms with van der Waals surface area (Å²) in [6.45, 7) is 0.622. The highest BCUT2D eigenvalue weighted by molar-refractivity contribution is 9.09. The summed E-state index contributed by atoms with van der Waals surface area (Å²) in [5.41, 5.74) is 2.37. The van der Waals surface area contributed by atoms with Gasteiger partial charge in [0, 0.05) is 11.4 Å². The molecule has 1 aromatic carbocycles. The van der Waals surface area contributed by atoms with E-state index in [0.717, 1.165) is 30.8 Å². The van der Waals surface area contributed by atoms with Gasteiger partial charge < -0.3 is 9.47 Å². The molecule has 0 aliphatic carbocycles. The second-order valence-corrected chi connectivity index (χ2v) is 5.65. The Balaban J connectivity index is 1.86. The molecule has 0 saturated carbocycles. The fourth-order valence-corrected chi connectivity index (χ4v) is 2.57. The molecule has 2 rings (SSSR count). The molecule has 0 amide bonds. The van der Waals surface area contributed by atoms with Gasteiger partial charge in [-0.15, -0.1) is 0 Å². The lowest BCUT2D eigenvalue weighted by molar-refractivity contribution is 0.0167. The predicted octanol–water partition coefficient (Wildman–Crippen LogP) is 4.12. The molecule has 0 spiro atoms. The molecule has 19 heavy (non-hydrogen) atoms. The van der Waals surface area contributed by atoms with E-state index in [-0.39, 0.29) is 4.83 Å². The Morgan fingerprint density at radius 1 is 1.37 bits per heavy atom. The molecule has 1 atom stereocenters. The van der Waals surface area contributed by atoms with Gasteiger partial charge in [0.25, 0.3) is 6.43 Å². The van der Waals surface area contributed by atoms with Crippen molar-refractivity contribution in [2.24, 2.45) is 0 Å². The van der Waals surface area contributed by atoms with E-state index >= 15 is 0 Å². The fourth-order valence-electron chi connectivity index (χ4n) is 2.10. The number of halogens is 3. The van der Waals surface area contributed by atoms with Crippen LogP contribution in [-0.2, 0) is 11.2 Å². The Morgan fingerprint density at radius 2 is 2.21 bits per heavy atom. The average molecular weight is 335 g/mol. The molecule has 1 aromatic rings. The van der Waals surface area contributed by atoms with Crippen molar-refractivity contribution in [2.75, 3.05) is 19.8 Å². The number of aryl methyl sites for hydroxylation is 1. The Morgan fingerprint density at radius 3 is 3.00 bits per heavy atom. The molecule has 0 N–H and O–H groups in total. The minimum absolute atomic E-state index is 0.123. The van der Waals surface area contributed by atoms with Gasteiger partial charge in [-0.3, -0.25) is 0 Å². The van der Waals surface area contributed by atoms with Crippen molar-refractivity contribution in [3.63, 3.8) is 0 Å². The number of hydrogen-bond donors (Lipinski definition) is 0. The zero-order valence-corrected chi connectivity index (χ0v) is 12.2. The molecule has 0 saturated heterocycles. The number of alkyl halides is 3. The van der Waals surface area contributed by atoms with E-state index in [2.05, 4.69) is 22.0 Å². The topological polar surface area (TPSA) is 18.5 Å². The van der Waals surface area contributed by atoms with Crippen molar-refractivity contribution < 1.29 is 18.3 Å². The molecular formula is C14H17BrF2O2. The van der Waals surface area contributed by atoms with E-state index < -0.39 is 13.0 Å². The van der Waals surface area contributed by atoms with Crippen molar-refractivity contribution in [3.8, 4) is 5.75 Å². The normalized spacial score (nSPS) is 16.0. The molecule has 1 aliphatic heterocycles. The summed E-state index contributed by atoms with van der Waals surface area (Å²) in [4.78, 5) is 0.123. The maximum atomic E-state index is 11.9. The first kappa shape index (κ1) is 14.7. The monoisotopic (exact) mass is 334 g/mol. The van der Waals surface area contributed by atoms with Gasteiger partial charge in [0.2, 0.25) is 0 Å². The summed E-state index contributed by atoms with van der Waals surface area (Å²) in [5.74, 6) is 0.962. The maximum absolute atomic E-state index is 11.9. The van der Waals surface area contributed by atoms with Crippen molar-refractivity contribution in [3.05, 3.63) is 29.3 Å². The molecular weight excluding hydrogens is 318 g/mol. The van der Waals surface area contributed by atoms with Crippen molar-refractivity contribution >= 4 is 15.9 Å². The summed E-state index contributed by atoms with van der Waals surface area (Å²) < 4.78 is 34.3. The first-order chi connectivity index (χ1) is 9.16. The average Bonchev–Trinajstić information content (AvgIpc) is 2.42. The SMILES string of the molecule is FC(F)COCCC(Br)c1ccc2c(c1)CCCO2. The molecule has 1 heterocycles. The second kappa shape index (κ2) is 7.20. The fraction of sp³-hybridized carbons (Fsp3) is 0.571. The van der Waals surface area contributed by atoms with Crippen LogP contribution in [0.25, 0.3) is 0 Å². The van der Waals surface area contributed by atoms with Crippen LogP contribution in [0.4, 0.5) is 8.78 Å². The molecule has 1 aliphatic rings. The number of benzene rings is 1. The highest BCUT2D eigenvalue weighted by Gasteiger charge is 2.14. The van der Waals surface area contributed by atoms with Gasteiger partial charge >= 0.3 is 0 Å². The summed E-state index contributed by atoms with van der Waals surface area (Å²) in [6, 6.07) is 6.12. The minimum Gasteiger partial charge on any atom is -0.493 e. The summed E-state index contributed by atoms with van der Waals surface area (Å²) in [7, 11) is 0. The van der Waals surface area contributed by atoms with Gasteiger partial charge in [-0.1, -0.05) is 28.1 Å². The smallest absolute Gasteiger partial charge is 0.261 e. The van der Waals surface area contributed by atoms with E-state index in [1.165, 1.54) is 5.56 Å². The highest BCUT2D eigenvalue weighted by atomic mass is 79.9. The zero-order chi connectivity index (χ0) is 13.7. The number of ether oxygens (including phenoxy) is 2. The van der Waals surface area contributed by atoms with Crippen LogP contribution in [-0.4, -0.2) is 26.2 Å². The highest BCUT2D eigenvalue weighted by Crippen LogP contribution is 2.32. The van der Waals surface area contributed by atoms with Crippen LogP contribution in [0.2, 0.25) is 0 Å². The third kappa shape index (κ3) is 4.42. The lowest BCUT2D eigenvalue weighted by Gasteiger charge is -2.19. The molecule has 0 aromatic heterocycles. The van der Waals surface area contributed by atoms with Crippen LogP contribution in [0.5, 0.6) is 5.75 Å². The second-order valence-electron chi connectivity index (χ2n) is 4.54. The zero-order valence-electron chi connectivity index (χ0n) is 10.6. The van der Waals surface area contributed by atoms with Crippen LogP contribution in [0.1, 0.15) is 28.8 Å². The van der Waals surface area contributed by atoms with E-state index in [1.54, 1.807) is 0 Å². The third-order valence-corrected chi connectivity index (χ3v) is 4.04. The molecule has 1 unspecified atom stereocenters. The number of rotatable bonds is 6. The molecule has 2 nitrogen and oxygen atoms in total. The van der Waals surface area contributed by atoms with Gasteiger partial charge in [0.1, 0.15) is 12.4 Å². The van der Waals surface area contributed by atoms with Crippen LogP contribution < -0.4 is 4.74 Å². The van der Waals surface area contributed by atoms with Gasteiger partial charge in [0.15, 0.2) is 0 Å². The van der Waals surface area contributed by atoms with Crippen molar-refractivity contribution in [1.82, 2.24) is 0 Å². The number of fused-ring (bicyclic) bond motifs is 1. The summed E-state index contributed by atoms with van der Waals surface area (Å²) >= 11 is 3.57. The van der Waals surface area contributed by atoms with E-state index in [1.807, 2.05) is 12.1 Å². The Hall–Kier alpha value is -0.680. The van der Waals surface area contributed by atoms with Gasteiger partial charge in [-0.05, 0) is 36.5 Å². The lowest BCUT2D eigenvalue weighted by atomic mass is 10.0. The van der Waals surface area contributed by atoms with Crippen molar-refractivity contribution in [1.29, 1.82) is 0 Å². The molecule has 5 heteroatoms.